The largest absolute Gasteiger partial charge is 0.352 e. The Balaban J connectivity index is 1.65. The minimum atomic E-state index is -0.482. The third kappa shape index (κ3) is 4.76. The molecule has 0 saturated carbocycles. The van der Waals surface area contributed by atoms with Crippen molar-refractivity contribution in [1.82, 2.24) is 10.2 Å². The molecule has 3 amide bonds. The molecule has 6 heteroatoms. The van der Waals surface area contributed by atoms with E-state index in [4.69, 9.17) is 0 Å². The van der Waals surface area contributed by atoms with Crippen LogP contribution in [0, 0.1) is 0 Å². The van der Waals surface area contributed by atoms with Crippen LogP contribution in [0.2, 0.25) is 0 Å². The van der Waals surface area contributed by atoms with Crippen molar-refractivity contribution in [2.45, 2.75) is 32.2 Å². The first-order valence-corrected chi connectivity index (χ1v) is 9.61. The molecular weight excluding hydrogens is 354 g/mol. The lowest BCUT2D eigenvalue weighted by Crippen LogP contribution is -2.43. The van der Waals surface area contributed by atoms with Crippen molar-refractivity contribution in [3.8, 4) is 0 Å². The Morgan fingerprint density at radius 3 is 2.61 bits per heavy atom. The first-order valence-electron chi connectivity index (χ1n) is 9.61. The van der Waals surface area contributed by atoms with Gasteiger partial charge >= 0.3 is 0 Å². The van der Waals surface area contributed by atoms with Gasteiger partial charge in [-0.05, 0) is 43.5 Å². The second-order valence-electron chi connectivity index (χ2n) is 6.84. The summed E-state index contributed by atoms with van der Waals surface area (Å²) in [6.45, 7) is 2.98. The summed E-state index contributed by atoms with van der Waals surface area (Å²) in [5.41, 5.74) is 1.98. The van der Waals surface area contributed by atoms with Crippen molar-refractivity contribution in [3.05, 3.63) is 65.7 Å². The van der Waals surface area contributed by atoms with Gasteiger partial charge in [0.1, 0.15) is 6.04 Å². The van der Waals surface area contributed by atoms with Gasteiger partial charge in [0.25, 0.3) is 5.91 Å². The van der Waals surface area contributed by atoms with Crippen LogP contribution in [0.3, 0.4) is 0 Å². The Hall–Kier alpha value is -3.15. The van der Waals surface area contributed by atoms with Gasteiger partial charge in [-0.2, -0.15) is 0 Å². The van der Waals surface area contributed by atoms with Crippen LogP contribution in [0.4, 0.5) is 5.69 Å². The van der Waals surface area contributed by atoms with Crippen molar-refractivity contribution in [2.75, 3.05) is 18.4 Å². The van der Waals surface area contributed by atoms with Crippen molar-refractivity contribution >= 4 is 23.4 Å². The standard InChI is InChI=1S/C22H25N3O3/c1-2-23-21(27)17-10-6-11-18(15-17)24-22(28)19-12-7-13-25(19)20(26)14-16-8-4-3-5-9-16/h3-6,8-11,15,19H,2,7,12-14H2,1H3,(H,23,27)(H,24,28). The van der Waals surface area contributed by atoms with Gasteiger partial charge in [-0.3, -0.25) is 14.4 Å². The fourth-order valence-electron chi connectivity index (χ4n) is 3.44. The molecule has 1 atom stereocenters. The zero-order valence-electron chi connectivity index (χ0n) is 16.0. The minimum Gasteiger partial charge on any atom is -0.352 e. The maximum atomic E-state index is 12.8. The molecule has 1 saturated heterocycles. The Morgan fingerprint density at radius 2 is 1.86 bits per heavy atom. The summed E-state index contributed by atoms with van der Waals surface area (Å²) in [6, 6.07) is 15.9. The average Bonchev–Trinajstić information content (AvgIpc) is 3.19. The molecular formula is C22H25N3O3. The van der Waals surface area contributed by atoms with E-state index in [0.29, 0.717) is 30.8 Å². The average molecular weight is 379 g/mol. The van der Waals surface area contributed by atoms with Gasteiger partial charge in [-0.15, -0.1) is 0 Å². The summed E-state index contributed by atoms with van der Waals surface area (Å²) in [5.74, 6) is -0.439. The zero-order chi connectivity index (χ0) is 19.9. The molecule has 146 valence electrons. The van der Waals surface area contributed by atoms with Crippen LogP contribution in [-0.4, -0.2) is 41.8 Å². The molecule has 1 aliphatic heterocycles. The molecule has 1 fully saturated rings. The van der Waals surface area contributed by atoms with Gasteiger partial charge in [-0.25, -0.2) is 0 Å². The highest BCUT2D eigenvalue weighted by molar-refractivity contribution is 6.00. The fourth-order valence-corrected chi connectivity index (χ4v) is 3.44. The lowest BCUT2D eigenvalue weighted by molar-refractivity contribution is -0.136. The molecule has 3 rings (SSSR count). The number of hydrogen-bond acceptors (Lipinski definition) is 3. The second kappa shape index (κ2) is 9.17. The molecule has 0 aromatic heterocycles. The third-order valence-corrected chi connectivity index (χ3v) is 4.80. The topological polar surface area (TPSA) is 78.5 Å². The van der Waals surface area contributed by atoms with Gasteiger partial charge in [0.15, 0.2) is 0 Å². The van der Waals surface area contributed by atoms with Crippen LogP contribution in [0.15, 0.2) is 54.6 Å². The number of anilines is 1. The normalized spacial score (nSPS) is 15.9. The smallest absolute Gasteiger partial charge is 0.251 e. The van der Waals surface area contributed by atoms with Crippen LogP contribution in [0.25, 0.3) is 0 Å². The molecule has 0 radical (unpaired) electrons. The number of carbonyl (C=O) groups is 3. The summed E-state index contributed by atoms with van der Waals surface area (Å²) < 4.78 is 0. The molecule has 1 unspecified atom stereocenters. The van der Waals surface area contributed by atoms with Gasteiger partial charge in [-0.1, -0.05) is 36.4 Å². The second-order valence-corrected chi connectivity index (χ2v) is 6.84. The number of hydrogen-bond donors (Lipinski definition) is 2. The quantitative estimate of drug-likeness (QED) is 0.810. The van der Waals surface area contributed by atoms with E-state index in [1.165, 1.54) is 0 Å². The highest BCUT2D eigenvalue weighted by atomic mass is 16.2. The van der Waals surface area contributed by atoms with Crippen molar-refractivity contribution in [3.63, 3.8) is 0 Å². The molecule has 2 aromatic rings. The van der Waals surface area contributed by atoms with Gasteiger partial charge in [0, 0.05) is 24.3 Å². The molecule has 2 aromatic carbocycles. The first-order chi connectivity index (χ1) is 13.6. The number of benzene rings is 2. The Kier molecular flexibility index (Phi) is 6.42. The van der Waals surface area contributed by atoms with Crippen LogP contribution < -0.4 is 10.6 Å². The van der Waals surface area contributed by atoms with E-state index in [2.05, 4.69) is 10.6 Å². The molecule has 28 heavy (non-hydrogen) atoms. The van der Waals surface area contributed by atoms with E-state index in [-0.39, 0.29) is 24.1 Å². The van der Waals surface area contributed by atoms with E-state index >= 15 is 0 Å². The summed E-state index contributed by atoms with van der Waals surface area (Å²) in [5, 5.41) is 5.60. The molecule has 0 aliphatic carbocycles. The van der Waals surface area contributed by atoms with Crippen LogP contribution in [0.5, 0.6) is 0 Å². The van der Waals surface area contributed by atoms with Crippen molar-refractivity contribution in [1.29, 1.82) is 0 Å². The van der Waals surface area contributed by atoms with Gasteiger partial charge in [0.2, 0.25) is 11.8 Å². The van der Waals surface area contributed by atoms with E-state index in [1.807, 2.05) is 37.3 Å². The fraction of sp³-hybridized carbons (Fsp3) is 0.318. The van der Waals surface area contributed by atoms with Gasteiger partial charge in [0.05, 0.1) is 6.42 Å². The maximum absolute atomic E-state index is 12.8. The number of nitrogens with one attached hydrogen (secondary N) is 2. The van der Waals surface area contributed by atoms with E-state index in [9.17, 15) is 14.4 Å². The molecule has 2 N–H and O–H groups in total. The lowest BCUT2D eigenvalue weighted by Gasteiger charge is -2.24. The molecule has 0 spiro atoms. The molecule has 6 nitrogen and oxygen atoms in total. The van der Waals surface area contributed by atoms with E-state index in [1.54, 1.807) is 29.2 Å². The number of nitrogens with zero attached hydrogens (tertiary/aromatic N) is 1. The summed E-state index contributed by atoms with van der Waals surface area (Å²) in [7, 11) is 0. The Labute approximate surface area is 164 Å². The predicted molar refractivity (Wildman–Crippen MR) is 108 cm³/mol. The third-order valence-electron chi connectivity index (χ3n) is 4.80. The molecule has 1 aliphatic rings. The summed E-state index contributed by atoms with van der Waals surface area (Å²) in [4.78, 5) is 39.1. The Bertz CT molecular complexity index is 851. The van der Waals surface area contributed by atoms with Gasteiger partial charge < -0.3 is 15.5 Å². The highest BCUT2D eigenvalue weighted by Crippen LogP contribution is 2.21. The van der Waals surface area contributed by atoms with E-state index in [0.717, 1.165) is 12.0 Å². The SMILES string of the molecule is CCNC(=O)c1cccc(NC(=O)C2CCCN2C(=O)Cc2ccccc2)c1. The Morgan fingerprint density at radius 1 is 1.07 bits per heavy atom. The van der Waals surface area contributed by atoms with Crippen molar-refractivity contribution in [2.24, 2.45) is 0 Å². The first kappa shape index (κ1) is 19.6. The van der Waals surface area contributed by atoms with E-state index < -0.39 is 6.04 Å². The molecule has 0 bridgehead atoms. The number of likely N-dealkylation sites (tertiary alicyclic amines) is 1. The number of amides is 3. The zero-order valence-corrected chi connectivity index (χ0v) is 16.0. The monoisotopic (exact) mass is 379 g/mol. The highest BCUT2D eigenvalue weighted by Gasteiger charge is 2.33. The predicted octanol–water partition coefficient (Wildman–Crippen LogP) is 2.61. The van der Waals surface area contributed by atoms with Crippen LogP contribution in [0.1, 0.15) is 35.7 Å². The maximum Gasteiger partial charge on any atom is 0.251 e. The number of rotatable bonds is 6. The summed E-state index contributed by atoms with van der Waals surface area (Å²) in [6.07, 6.45) is 1.73. The minimum absolute atomic E-state index is 0.0417. The number of carbonyl (C=O) groups excluding carboxylic acids is 3. The van der Waals surface area contributed by atoms with Crippen LogP contribution in [-0.2, 0) is 16.0 Å². The summed E-state index contributed by atoms with van der Waals surface area (Å²) >= 11 is 0. The van der Waals surface area contributed by atoms with Crippen molar-refractivity contribution < 1.29 is 14.4 Å². The van der Waals surface area contributed by atoms with Crippen LogP contribution >= 0.6 is 0 Å². The molecule has 1 heterocycles. The lowest BCUT2D eigenvalue weighted by atomic mass is 10.1.